The minimum Gasteiger partial charge on any atom is -0.274 e. The second-order valence-electron chi connectivity index (χ2n) is 7.29. The van der Waals surface area contributed by atoms with Crippen molar-refractivity contribution in [2.75, 3.05) is 0 Å². The van der Waals surface area contributed by atoms with Crippen LogP contribution in [0.1, 0.15) is 25.2 Å². The van der Waals surface area contributed by atoms with Crippen LogP contribution >= 0.6 is 0 Å². The van der Waals surface area contributed by atoms with Gasteiger partial charge in [-0.15, -0.1) is 10.2 Å². The summed E-state index contributed by atoms with van der Waals surface area (Å²) in [4.78, 5) is 12.9. The summed E-state index contributed by atoms with van der Waals surface area (Å²) in [5.74, 6) is 1.31. The van der Waals surface area contributed by atoms with Gasteiger partial charge in [-0.1, -0.05) is 72.8 Å². The number of nitrogens with one attached hydrogen (secondary N) is 1. The van der Waals surface area contributed by atoms with Crippen molar-refractivity contribution in [3.8, 4) is 22.5 Å². The molecule has 0 aliphatic heterocycles. The van der Waals surface area contributed by atoms with Crippen LogP contribution in [0, 0.1) is 0 Å². The minimum atomic E-state index is -0.103. The van der Waals surface area contributed by atoms with Crippen molar-refractivity contribution in [2.24, 2.45) is 0 Å². The molecule has 4 aromatic rings. The molecule has 0 bridgehead atoms. The van der Waals surface area contributed by atoms with Crippen molar-refractivity contribution in [2.45, 2.75) is 33.4 Å². The van der Waals surface area contributed by atoms with Crippen LogP contribution in [0.25, 0.3) is 22.5 Å². The van der Waals surface area contributed by atoms with Gasteiger partial charge >= 0.3 is 5.69 Å². The molecule has 0 aliphatic carbocycles. The van der Waals surface area contributed by atoms with Gasteiger partial charge in [0.15, 0.2) is 0 Å². The first-order valence-electron chi connectivity index (χ1n) is 10.5. The molecule has 2 aromatic heterocycles. The number of hydrogen-bond donors (Lipinski definition) is 1. The summed E-state index contributed by atoms with van der Waals surface area (Å²) in [5, 5.41) is 18.9. The number of benzene rings is 2. The van der Waals surface area contributed by atoms with Gasteiger partial charge in [0.2, 0.25) is 5.82 Å². The quantitative estimate of drug-likeness (QED) is 0.433. The molecular weight excluding hydrogens is 402 g/mol. The Kier molecular flexibility index (Phi) is 6.50. The van der Waals surface area contributed by atoms with Crippen molar-refractivity contribution in [1.29, 1.82) is 0 Å². The van der Waals surface area contributed by atoms with Gasteiger partial charge in [0.1, 0.15) is 5.82 Å². The first-order valence-corrected chi connectivity index (χ1v) is 10.5. The van der Waals surface area contributed by atoms with Gasteiger partial charge in [0.05, 0.1) is 13.1 Å². The predicted octanol–water partition coefficient (Wildman–Crippen LogP) is 3.63. The van der Waals surface area contributed by atoms with Crippen molar-refractivity contribution in [3.05, 3.63) is 94.7 Å². The van der Waals surface area contributed by atoms with E-state index in [1.54, 1.807) is 4.57 Å². The summed E-state index contributed by atoms with van der Waals surface area (Å²) in [6, 6.07) is 16.1. The predicted molar refractivity (Wildman–Crippen MR) is 124 cm³/mol. The lowest BCUT2D eigenvalue weighted by molar-refractivity contribution is 0.647. The van der Waals surface area contributed by atoms with Crippen molar-refractivity contribution in [1.82, 2.24) is 35.0 Å². The van der Waals surface area contributed by atoms with Crippen molar-refractivity contribution < 1.29 is 0 Å². The zero-order valence-corrected chi connectivity index (χ0v) is 18.1. The van der Waals surface area contributed by atoms with Crippen LogP contribution in [0.2, 0.25) is 0 Å². The number of rotatable bonds is 8. The highest BCUT2D eigenvalue weighted by atomic mass is 16.2. The van der Waals surface area contributed by atoms with E-state index in [1.807, 2.05) is 74.5 Å². The summed E-state index contributed by atoms with van der Waals surface area (Å²) in [7, 11) is 0. The maximum absolute atomic E-state index is 12.9. The number of aromatic nitrogens is 7. The molecule has 0 amide bonds. The van der Waals surface area contributed by atoms with Gasteiger partial charge in [-0.3, -0.25) is 4.57 Å². The SMILES string of the molecule is C/C=C/Cc1nn(C/C=C/C)c(=O)n1Cc1ccc(-c2ccccc2-c2nn[nH]n2)cc1. The minimum absolute atomic E-state index is 0.103. The molecule has 0 saturated carbocycles. The van der Waals surface area contributed by atoms with Crippen molar-refractivity contribution >= 4 is 0 Å². The maximum atomic E-state index is 12.9. The summed E-state index contributed by atoms with van der Waals surface area (Å²) < 4.78 is 3.25. The monoisotopic (exact) mass is 427 g/mol. The standard InChI is InChI=1S/C24H25N7O/c1-3-5-11-22-27-31(16-6-4-2)24(32)30(22)17-18-12-14-19(15-13-18)20-9-7-8-10-21(20)23-25-28-29-26-23/h3-10,12-15H,11,16-17H2,1-2H3,(H,25,26,28,29)/b5-3+,6-4+. The Hall–Kier alpha value is -4.07. The van der Waals surface area contributed by atoms with Gasteiger partial charge in [0, 0.05) is 12.0 Å². The van der Waals surface area contributed by atoms with E-state index in [2.05, 4.69) is 37.9 Å². The van der Waals surface area contributed by atoms with Crippen LogP contribution in [-0.4, -0.2) is 35.0 Å². The summed E-state index contributed by atoms with van der Waals surface area (Å²) in [6.45, 7) is 4.83. The van der Waals surface area contributed by atoms with Gasteiger partial charge < -0.3 is 0 Å². The van der Waals surface area contributed by atoms with Crippen LogP contribution in [0.15, 0.2) is 77.6 Å². The largest absolute Gasteiger partial charge is 0.346 e. The number of hydrogen-bond acceptors (Lipinski definition) is 5. The van der Waals surface area contributed by atoms with E-state index >= 15 is 0 Å². The van der Waals surface area contributed by atoms with E-state index < -0.39 is 0 Å². The molecule has 162 valence electrons. The van der Waals surface area contributed by atoms with Crippen LogP contribution in [-0.2, 0) is 19.5 Å². The summed E-state index contributed by atoms with van der Waals surface area (Å²) in [6.07, 6.45) is 8.44. The Bertz CT molecular complexity index is 1280. The molecule has 8 heteroatoms. The number of tetrazole rings is 1. The second kappa shape index (κ2) is 9.82. The Morgan fingerprint density at radius 2 is 1.72 bits per heavy atom. The third kappa shape index (κ3) is 4.49. The molecule has 2 aromatic carbocycles. The topological polar surface area (TPSA) is 94.3 Å². The Labute approximate surface area is 185 Å². The zero-order chi connectivity index (χ0) is 22.3. The average Bonchev–Trinajstić information content (AvgIpc) is 3.46. The van der Waals surface area contributed by atoms with E-state index in [0.29, 0.717) is 25.3 Å². The Balaban J connectivity index is 1.63. The van der Waals surface area contributed by atoms with Gasteiger partial charge in [0.25, 0.3) is 0 Å². The Morgan fingerprint density at radius 1 is 0.969 bits per heavy atom. The summed E-state index contributed by atoms with van der Waals surface area (Å²) >= 11 is 0. The molecule has 2 heterocycles. The molecule has 0 spiro atoms. The lowest BCUT2D eigenvalue weighted by atomic mass is 9.98. The van der Waals surface area contributed by atoms with E-state index in [-0.39, 0.29) is 5.69 Å². The molecule has 1 N–H and O–H groups in total. The van der Waals surface area contributed by atoms with E-state index in [9.17, 15) is 4.79 Å². The smallest absolute Gasteiger partial charge is 0.274 e. The van der Waals surface area contributed by atoms with Crippen LogP contribution in [0.3, 0.4) is 0 Å². The molecule has 32 heavy (non-hydrogen) atoms. The molecular formula is C24H25N7O. The first kappa shape index (κ1) is 21.2. The van der Waals surface area contributed by atoms with Crippen molar-refractivity contribution in [3.63, 3.8) is 0 Å². The zero-order valence-electron chi connectivity index (χ0n) is 18.1. The molecule has 0 atom stereocenters. The molecule has 0 saturated heterocycles. The van der Waals surface area contributed by atoms with E-state index in [1.165, 1.54) is 4.68 Å². The molecule has 0 unspecified atom stereocenters. The molecule has 0 radical (unpaired) electrons. The van der Waals surface area contributed by atoms with E-state index in [0.717, 1.165) is 28.1 Å². The normalized spacial score (nSPS) is 11.7. The van der Waals surface area contributed by atoms with Gasteiger partial charge in [-0.25, -0.2) is 9.48 Å². The lowest BCUT2D eigenvalue weighted by Gasteiger charge is -2.09. The number of H-pyrrole nitrogens is 1. The highest BCUT2D eigenvalue weighted by molar-refractivity contribution is 5.80. The fraction of sp³-hybridized carbons (Fsp3) is 0.208. The first-order chi connectivity index (χ1) is 15.7. The van der Waals surface area contributed by atoms with Crippen LogP contribution in [0.5, 0.6) is 0 Å². The third-order valence-corrected chi connectivity index (χ3v) is 5.17. The molecule has 4 rings (SSSR count). The fourth-order valence-electron chi connectivity index (χ4n) is 3.52. The second-order valence-corrected chi connectivity index (χ2v) is 7.29. The average molecular weight is 428 g/mol. The molecule has 0 aliphatic rings. The van der Waals surface area contributed by atoms with Gasteiger partial charge in [-0.05, 0) is 35.8 Å². The fourth-order valence-corrected chi connectivity index (χ4v) is 3.52. The maximum Gasteiger partial charge on any atom is 0.346 e. The highest BCUT2D eigenvalue weighted by Gasteiger charge is 2.13. The highest BCUT2D eigenvalue weighted by Crippen LogP contribution is 2.29. The number of aromatic amines is 1. The Morgan fingerprint density at radius 3 is 2.41 bits per heavy atom. The lowest BCUT2D eigenvalue weighted by Crippen LogP contribution is -2.25. The molecule has 8 nitrogen and oxygen atoms in total. The van der Waals surface area contributed by atoms with Gasteiger partial charge in [-0.2, -0.15) is 10.3 Å². The van der Waals surface area contributed by atoms with E-state index in [4.69, 9.17) is 0 Å². The number of nitrogens with zero attached hydrogens (tertiary/aromatic N) is 6. The molecule has 0 fully saturated rings. The number of allylic oxidation sites excluding steroid dienone is 4. The third-order valence-electron chi connectivity index (χ3n) is 5.17. The van der Waals surface area contributed by atoms with Crippen LogP contribution < -0.4 is 5.69 Å². The summed E-state index contributed by atoms with van der Waals surface area (Å²) in [5.41, 5.74) is 3.89. The van der Waals surface area contributed by atoms with Crippen LogP contribution in [0.4, 0.5) is 0 Å².